The standard InChI is InChI=1S/C16H19NOSe/c17-16(13-7-3-1-4-8-13)11-14(18)12-19-15-9-5-2-6-10-15/h1-10,14,16,18H,11-12,17H2/t14-,16+/m1/s1. The van der Waals surface area contributed by atoms with Crippen molar-refractivity contribution in [2.24, 2.45) is 5.73 Å². The molecule has 0 aromatic heterocycles. The maximum atomic E-state index is 10.1. The van der Waals surface area contributed by atoms with E-state index in [2.05, 4.69) is 12.1 Å². The Morgan fingerprint density at radius 3 is 2.16 bits per heavy atom. The fourth-order valence-corrected chi connectivity index (χ4v) is 3.73. The van der Waals surface area contributed by atoms with Gasteiger partial charge in [-0.1, -0.05) is 0 Å². The zero-order valence-corrected chi connectivity index (χ0v) is 12.5. The molecule has 0 aliphatic rings. The average molecular weight is 320 g/mol. The Hall–Kier alpha value is -1.12. The summed E-state index contributed by atoms with van der Waals surface area (Å²) in [7, 11) is 0. The van der Waals surface area contributed by atoms with Crippen molar-refractivity contribution < 1.29 is 5.11 Å². The molecule has 2 rings (SSSR count). The molecule has 0 unspecified atom stereocenters. The molecule has 2 aromatic carbocycles. The minimum absolute atomic E-state index is 0.0808. The van der Waals surface area contributed by atoms with Gasteiger partial charge in [0, 0.05) is 0 Å². The van der Waals surface area contributed by atoms with Crippen molar-refractivity contribution in [3.63, 3.8) is 0 Å². The van der Waals surface area contributed by atoms with Crippen molar-refractivity contribution in [1.82, 2.24) is 0 Å². The first-order valence-corrected chi connectivity index (χ1v) is 8.49. The predicted octanol–water partition coefficient (Wildman–Crippen LogP) is 1.89. The van der Waals surface area contributed by atoms with E-state index < -0.39 is 0 Å². The topological polar surface area (TPSA) is 46.2 Å². The van der Waals surface area contributed by atoms with Crippen molar-refractivity contribution in [2.75, 3.05) is 0 Å². The molecule has 3 N–H and O–H groups in total. The maximum absolute atomic E-state index is 10.1. The van der Waals surface area contributed by atoms with Gasteiger partial charge in [-0.3, -0.25) is 0 Å². The van der Waals surface area contributed by atoms with Crippen molar-refractivity contribution >= 4 is 19.4 Å². The van der Waals surface area contributed by atoms with Crippen LogP contribution in [-0.4, -0.2) is 26.2 Å². The first-order chi connectivity index (χ1) is 9.25. The van der Waals surface area contributed by atoms with Gasteiger partial charge in [-0.2, -0.15) is 0 Å². The van der Waals surface area contributed by atoms with E-state index in [9.17, 15) is 5.11 Å². The van der Waals surface area contributed by atoms with E-state index in [4.69, 9.17) is 5.73 Å². The Labute approximate surface area is 120 Å². The molecule has 19 heavy (non-hydrogen) atoms. The average Bonchev–Trinajstić information content (AvgIpc) is 2.47. The molecular formula is C16H19NOSe. The number of hydrogen-bond acceptors (Lipinski definition) is 2. The molecule has 0 fully saturated rings. The Balaban J connectivity index is 1.80. The third kappa shape index (κ3) is 4.81. The molecule has 2 aromatic rings. The van der Waals surface area contributed by atoms with Crippen molar-refractivity contribution in [3.05, 3.63) is 66.2 Å². The molecule has 0 radical (unpaired) electrons. The number of hydrogen-bond donors (Lipinski definition) is 2. The van der Waals surface area contributed by atoms with Gasteiger partial charge in [0.25, 0.3) is 0 Å². The third-order valence-electron chi connectivity index (χ3n) is 2.94. The molecule has 0 saturated heterocycles. The molecule has 2 nitrogen and oxygen atoms in total. The summed E-state index contributed by atoms with van der Waals surface area (Å²) in [5.41, 5.74) is 7.20. The van der Waals surface area contributed by atoms with Crippen molar-refractivity contribution in [2.45, 2.75) is 23.9 Å². The van der Waals surface area contributed by atoms with Crippen LogP contribution in [0.25, 0.3) is 0 Å². The van der Waals surface area contributed by atoms with Crippen LogP contribution in [0, 0.1) is 0 Å². The van der Waals surface area contributed by atoms with Crippen molar-refractivity contribution in [1.29, 1.82) is 0 Å². The van der Waals surface area contributed by atoms with E-state index in [1.165, 1.54) is 4.46 Å². The molecular weight excluding hydrogens is 301 g/mol. The molecule has 3 heteroatoms. The summed E-state index contributed by atoms with van der Waals surface area (Å²) in [6.45, 7) is 0. The first kappa shape index (κ1) is 14.3. The van der Waals surface area contributed by atoms with E-state index in [0.29, 0.717) is 21.4 Å². The molecule has 0 spiro atoms. The van der Waals surface area contributed by atoms with Gasteiger partial charge in [-0.05, 0) is 0 Å². The zero-order chi connectivity index (χ0) is 13.5. The molecule has 2 atom stereocenters. The number of benzene rings is 2. The molecule has 0 bridgehead atoms. The number of nitrogens with two attached hydrogens (primary N) is 1. The Bertz CT molecular complexity index is 475. The van der Waals surface area contributed by atoms with Crippen LogP contribution in [0.4, 0.5) is 0 Å². The van der Waals surface area contributed by atoms with Gasteiger partial charge in [0.15, 0.2) is 0 Å². The SMILES string of the molecule is N[C@@H](C[C@@H](O)C[Se]c1ccccc1)c1ccccc1. The Morgan fingerprint density at radius 1 is 0.947 bits per heavy atom. The predicted molar refractivity (Wildman–Crippen MR) is 80.6 cm³/mol. The van der Waals surface area contributed by atoms with Gasteiger partial charge in [-0.25, -0.2) is 0 Å². The summed E-state index contributed by atoms with van der Waals surface area (Å²) < 4.78 is 1.32. The second-order valence-electron chi connectivity index (χ2n) is 4.53. The quantitative estimate of drug-likeness (QED) is 0.799. The van der Waals surface area contributed by atoms with E-state index in [-0.39, 0.29) is 12.1 Å². The Kier molecular flexibility index (Phi) is 5.61. The van der Waals surface area contributed by atoms with Crippen molar-refractivity contribution in [3.8, 4) is 0 Å². The minimum atomic E-state index is -0.324. The van der Waals surface area contributed by atoms with Crippen LogP contribution < -0.4 is 10.2 Å². The van der Waals surface area contributed by atoms with Crippen LogP contribution in [0.2, 0.25) is 5.32 Å². The molecule has 0 aliphatic heterocycles. The van der Waals surface area contributed by atoms with Gasteiger partial charge in [0.2, 0.25) is 0 Å². The zero-order valence-electron chi connectivity index (χ0n) is 10.8. The molecule has 0 heterocycles. The first-order valence-electron chi connectivity index (χ1n) is 6.42. The van der Waals surface area contributed by atoms with Crippen LogP contribution >= 0.6 is 0 Å². The van der Waals surface area contributed by atoms with Gasteiger partial charge in [-0.15, -0.1) is 0 Å². The van der Waals surface area contributed by atoms with Crippen LogP contribution in [0.15, 0.2) is 60.7 Å². The second-order valence-corrected chi connectivity index (χ2v) is 6.82. The fraction of sp³-hybridized carbons (Fsp3) is 0.250. The van der Waals surface area contributed by atoms with Gasteiger partial charge in [0.1, 0.15) is 0 Å². The second kappa shape index (κ2) is 7.46. The molecule has 0 amide bonds. The van der Waals surface area contributed by atoms with Crippen LogP contribution in [0.5, 0.6) is 0 Å². The summed E-state index contributed by atoms with van der Waals surface area (Å²) in [5.74, 6) is 0. The summed E-state index contributed by atoms with van der Waals surface area (Å²) in [5, 5.41) is 10.9. The van der Waals surface area contributed by atoms with Gasteiger partial charge >= 0.3 is 120 Å². The van der Waals surface area contributed by atoms with E-state index in [1.54, 1.807) is 0 Å². The molecule has 0 saturated carbocycles. The number of aliphatic hydroxyl groups excluding tert-OH is 1. The Morgan fingerprint density at radius 2 is 1.53 bits per heavy atom. The van der Waals surface area contributed by atoms with Gasteiger partial charge in [0.05, 0.1) is 0 Å². The van der Waals surface area contributed by atoms with E-state index in [1.807, 2.05) is 48.5 Å². The summed E-state index contributed by atoms with van der Waals surface area (Å²) in [6, 6.07) is 20.2. The van der Waals surface area contributed by atoms with E-state index in [0.717, 1.165) is 10.9 Å². The fourth-order valence-electron chi connectivity index (χ4n) is 1.91. The summed E-state index contributed by atoms with van der Waals surface area (Å²) in [4.78, 5) is 0. The van der Waals surface area contributed by atoms with Crippen LogP contribution in [0.1, 0.15) is 18.0 Å². The van der Waals surface area contributed by atoms with E-state index >= 15 is 0 Å². The monoisotopic (exact) mass is 321 g/mol. The van der Waals surface area contributed by atoms with Gasteiger partial charge < -0.3 is 0 Å². The number of aliphatic hydroxyl groups is 1. The summed E-state index contributed by atoms with van der Waals surface area (Å²) in [6.07, 6.45) is 0.300. The van der Waals surface area contributed by atoms with Crippen LogP contribution in [-0.2, 0) is 0 Å². The molecule has 100 valence electrons. The molecule has 0 aliphatic carbocycles. The normalized spacial score (nSPS) is 14.0. The van der Waals surface area contributed by atoms with Crippen LogP contribution in [0.3, 0.4) is 0 Å². The third-order valence-corrected chi connectivity index (χ3v) is 5.37. The summed E-state index contributed by atoms with van der Waals surface area (Å²) >= 11 is 0.317. The number of rotatable bonds is 6.